The summed E-state index contributed by atoms with van der Waals surface area (Å²) in [6.07, 6.45) is -4.40. The Hall–Kier alpha value is -1.60. The summed E-state index contributed by atoms with van der Waals surface area (Å²) in [4.78, 5) is 0. The highest BCUT2D eigenvalue weighted by Crippen LogP contribution is 2.32. The van der Waals surface area contributed by atoms with Crippen LogP contribution in [0.2, 0.25) is 0 Å². The lowest BCUT2D eigenvalue weighted by molar-refractivity contribution is -0.137. The first kappa shape index (κ1) is 11.9. The number of aliphatic hydroxyl groups excluding tert-OH is 1. The molecule has 2 aromatic rings. The number of aromatic amines is 1. The van der Waals surface area contributed by atoms with Gasteiger partial charge in [-0.3, -0.25) is 5.10 Å². The summed E-state index contributed by atoms with van der Waals surface area (Å²) >= 11 is 0. The van der Waals surface area contributed by atoms with Crippen molar-refractivity contribution < 1.29 is 18.3 Å². The van der Waals surface area contributed by atoms with Crippen LogP contribution in [0, 0.1) is 0 Å². The summed E-state index contributed by atoms with van der Waals surface area (Å²) in [5, 5.41) is 15.7. The summed E-state index contributed by atoms with van der Waals surface area (Å²) < 4.78 is 37.3. The van der Waals surface area contributed by atoms with E-state index in [-0.39, 0.29) is 12.1 Å². The second-order valence-corrected chi connectivity index (χ2v) is 3.66. The van der Waals surface area contributed by atoms with Gasteiger partial charge in [-0.1, -0.05) is 6.07 Å². The largest absolute Gasteiger partial charge is 0.416 e. The molecule has 4 nitrogen and oxygen atoms in total. The molecule has 1 unspecified atom stereocenters. The first-order valence-corrected chi connectivity index (χ1v) is 4.85. The van der Waals surface area contributed by atoms with Crippen LogP contribution in [-0.2, 0) is 6.18 Å². The van der Waals surface area contributed by atoms with Crippen LogP contribution in [0.5, 0.6) is 0 Å². The van der Waals surface area contributed by atoms with Gasteiger partial charge in [-0.15, -0.1) is 0 Å². The number of H-pyrrole nitrogens is 1. The minimum Gasteiger partial charge on any atom is -0.394 e. The van der Waals surface area contributed by atoms with Gasteiger partial charge in [0.2, 0.25) is 0 Å². The normalized spacial score (nSPS) is 14.2. The molecular formula is C10H10F3N3O. The Morgan fingerprint density at radius 2 is 2.12 bits per heavy atom. The molecule has 0 amide bonds. The molecule has 0 spiro atoms. The van der Waals surface area contributed by atoms with Gasteiger partial charge in [-0.2, -0.15) is 18.3 Å². The van der Waals surface area contributed by atoms with Gasteiger partial charge < -0.3 is 10.8 Å². The number of hydrogen-bond acceptors (Lipinski definition) is 3. The van der Waals surface area contributed by atoms with Crippen molar-refractivity contribution in [2.24, 2.45) is 5.73 Å². The second kappa shape index (κ2) is 4.01. The summed E-state index contributed by atoms with van der Waals surface area (Å²) in [6, 6.07) is 2.52. The van der Waals surface area contributed by atoms with E-state index >= 15 is 0 Å². The Morgan fingerprint density at radius 1 is 1.41 bits per heavy atom. The highest BCUT2D eigenvalue weighted by atomic mass is 19.4. The summed E-state index contributed by atoms with van der Waals surface area (Å²) in [5.41, 5.74) is 5.43. The number of alkyl halides is 3. The molecule has 0 aliphatic carbocycles. The molecule has 0 radical (unpaired) electrons. The molecule has 17 heavy (non-hydrogen) atoms. The minimum absolute atomic E-state index is 0.179. The molecule has 1 atom stereocenters. The molecule has 0 aliphatic rings. The third-order valence-electron chi connectivity index (χ3n) is 2.48. The fourth-order valence-electron chi connectivity index (χ4n) is 1.58. The van der Waals surface area contributed by atoms with Crippen molar-refractivity contribution in [1.82, 2.24) is 10.2 Å². The SMILES string of the molecule is NC(CO)c1[nH]nc2cc(C(F)(F)F)ccc12. The summed E-state index contributed by atoms with van der Waals surface area (Å²) in [6.45, 7) is -0.307. The standard InChI is InChI=1S/C10H10F3N3O/c11-10(12,13)5-1-2-6-8(3-5)15-16-9(6)7(14)4-17/h1-3,7,17H,4,14H2,(H,15,16). The number of benzene rings is 1. The monoisotopic (exact) mass is 245 g/mol. The molecule has 1 aromatic carbocycles. The fourth-order valence-corrected chi connectivity index (χ4v) is 1.58. The van der Waals surface area contributed by atoms with Crippen LogP contribution in [0.25, 0.3) is 10.9 Å². The Labute approximate surface area is 94.2 Å². The van der Waals surface area contributed by atoms with Crippen molar-refractivity contribution >= 4 is 10.9 Å². The number of hydrogen-bond donors (Lipinski definition) is 3. The zero-order chi connectivity index (χ0) is 12.6. The van der Waals surface area contributed by atoms with Gasteiger partial charge in [0.15, 0.2) is 0 Å². The molecule has 0 aliphatic heterocycles. The quantitative estimate of drug-likeness (QED) is 0.751. The van der Waals surface area contributed by atoms with Gasteiger partial charge in [-0.05, 0) is 12.1 Å². The first-order chi connectivity index (χ1) is 7.93. The predicted molar refractivity (Wildman–Crippen MR) is 55.1 cm³/mol. The third kappa shape index (κ3) is 2.11. The molecule has 1 aromatic heterocycles. The Kier molecular flexibility index (Phi) is 2.80. The summed E-state index contributed by atoms with van der Waals surface area (Å²) in [5.74, 6) is 0. The van der Waals surface area contributed by atoms with Crippen molar-refractivity contribution in [3.63, 3.8) is 0 Å². The predicted octanol–water partition coefficient (Wildman–Crippen LogP) is 1.57. The molecule has 0 saturated heterocycles. The van der Waals surface area contributed by atoms with Gasteiger partial charge in [-0.25, -0.2) is 0 Å². The number of rotatable bonds is 2. The van der Waals surface area contributed by atoms with Crippen LogP contribution in [0.1, 0.15) is 17.3 Å². The Bertz CT molecular complexity index is 535. The molecule has 2 rings (SSSR count). The van der Waals surface area contributed by atoms with E-state index in [1.807, 2.05) is 0 Å². The van der Waals surface area contributed by atoms with Gasteiger partial charge in [0.05, 0.1) is 29.4 Å². The van der Waals surface area contributed by atoms with Crippen molar-refractivity contribution in [2.45, 2.75) is 12.2 Å². The Morgan fingerprint density at radius 3 is 2.71 bits per heavy atom. The van der Waals surface area contributed by atoms with E-state index in [0.717, 1.165) is 12.1 Å². The van der Waals surface area contributed by atoms with Crippen LogP contribution in [0.4, 0.5) is 13.2 Å². The maximum atomic E-state index is 12.4. The Balaban J connectivity index is 2.52. The number of halogens is 3. The number of fused-ring (bicyclic) bond motifs is 1. The van der Waals surface area contributed by atoms with E-state index < -0.39 is 17.8 Å². The summed E-state index contributed by atoms with van der Waals surface area (Å²) in [7, 11) is 0. The third-order valence-corrected chi connectivity index (χ3v) is 2.48. The van der Waals surface area contributed by atoms with E-state index in [0.29, 0.717) is 11.1 Å². The van der Waals surface area contributed by atoms with E-state index in [9.17, 15) is 13.2 Å². The van der Waals surface area contributed by atoms with Crippen LogP contribution < -0.4 is 5.73 Å². The highest BCUT2D eigenvalue weighted by Gasteiger charge is 2.31. The molecule has 4 N–H and O–H groups in total. The van der Waals surface area contributed by atoms with Crippen molar-refractivity contribution in [3.8, 4) is 0 Å². The molecule has 0 saturated carbocycles. The maximum Gasteiger partial charge on any atom is 0.416 e. The zero-order valence-corrected chi connectivity index (χ0v) is 8.62. The first-order valence-electron chi connectivity index (χ1n) is 4.85. The molecule has 0 bridgehead atoms. The van der Waals surface area contributed by atoms with E-state index in [4.69, 9.17) is 10.8 Å². The number of nitrogens with zero attached hydrogens (tertiary/aromatic N) is 1. The van der Waals surface area contributed by atoms with Crippen molar-refractivity contribution in [1.29, 1.82) is 0 Å². The van der Waals surface area contributed by atoms with E-state index in [1.165, 1.54) is 6.07 Å². The van der Waals surface area contributed by atoms with Crippen LogP contribution in [0.15, 0.2) is 18.2 Å². The van der Waals surface area contributed by atoms with Gasteiger partial charge in [0, 0.05) is 5.39 Å². The number of aliphatic hydroxyl groups is 1. The van der Waals surface area contributed by atoms with E-state index in [2.05, 4.69) is 10.2 Å². The fraction of sp³-hybridized carbons (Fsp3) is 0.300. The number of nitrogens with two attached hydrogens (primary N) is 1. The topological polar surface area (TPSA) is 74.9 Å². The molecule has 0 fully saturated rings. The van der Waals surface area contributed by atoms with Gasteiger partial charge in [0.25, 0.3) is 0 Å². The average Bonchev–Trinajstić information content (AvgIpc) is 2.69. The second-order valence-electron chi connectivity index (χ2n) is 3.66. The molecule has 92 valence electrons. The van der Waals surface area contributed by atoms with Gasteiger partial charge >= 0.3 is 6.18 Å². The molecule has 7 heteroatoms. The van der Waals surface area contributed by atoms with Crippen LogP contribution in [-0.4, -0.2) is 21.9 Å². The molecule has 1 heterocycles. The highest BCUT2D eigenvalue weighted by molar-refractivity contribution is 5.82. The van der Waals surface area contributed by atoms with Crippen LogP contribution in [0.3, 0.4) is 0 Å². The zero-order valence-electron chi connectivity index (χ0n) is 8.62. The van der Waals surface area contributed by atoms with Gasteiger partial charge in [0.1, 0.15) is 0 Å². The lowest BCUT2D eigenvalue weighted by Gasteiger charge is -2.07. The minimum atomic E-state index is -4.40. The number of aromatic nitrogens is 2. The lowest BCUT2D eigenvalue weighted by Crippen LogP contribution is -2.15. The average molecular weight is 245 g/mol. The lowest BCUT2D eigenvalue weighted by atomic mass is 10.1. The molecular weight excluding hydrogens is 235 g/mol. The smallest absolute Gasteiger partial charge is 0.394 e. The van der Waals surface area contributed by atoms with E-state index in [1.54, 1.807) is 0 Å². The number of nitrogens with one attached hydrogen (secondary N) is 1. The van der Waals surface area contributed by atoms with Crippen LogP contribution >= 0.6 is 0 Å². The van der Waals surface area contributed by atoms with Crippen molar-refractivity contribution in [2.75, 3.05) is 6.61 Å². The maximum absolute atomic E-state index is 12.4. The van der Waals surface area contributed by atoms with Crippen molar-refractivity contribution in [3.05, 3.63) is 29.5 Å².